The first-order valence-corrected chi connectivity index (χ1v) is 8.25. The molecule has 0 saturated carbocycles. The van der Waals surface area contributed by atoms with Crippen LogP contribution in [0.1, 0.15) is 50.3 Å². The number of nitrogens with one attached hydrogen (secondary N) is 1. The van der Waals surface area contributed by atoms with Crippen LogP contribution in [0.15, 0.2) is 42.6 Å². The van der Waals surface area contributed by atoms with Crippen molar-refractivity contribution in [3.8, 4) is 5.69 Å². The van der Waals surface area contributed by atoms with Gasteiger partial charge in [0.05, 0.1) is 0 Å². The van der Waals surface area contributed by atoms with E-state index < -0.39 is 0 Å². The Kier molecular flexibility index (Phi) is 6.55. The molecule has 1 aromatic heterocycles. The molecule has 114 valence electrons. The average molecular weight is 284 g/mol. The first kappa shape index (κ1) is 15.8. The number of hydrogen-bond donors (Lipinski definition) is 1. The maximum Gasteiger partial charge on any atom is 0.0453 e. The Balaban J connectivity index is 1.79. The Bertz CT molecular complexity index is 511. The minimum Gasteiger partial charge on any atom is -0.320 e. The van der Waals surface area contributed by atoms with E-state index in [2.05, 4.69) is 66.3 Å². The molecular weight excluding hydrogens is 256 g/mol. The quantitative estimate of drug-likeness (QED) is 0.652. The molecule has 0 bridgehead atoms. The second kappa shape index (κ2) is 8.68. The van der Waals surface area contributed by atoms with Crippen LogP contribution in [0.4, 0.5) is 0 Å². The standard InChI is InChI=1S/C19H28N2/c1-3-4-5-6-7-14-20-16-19-9-8-15-21(19)18-12-10-17(2)11-13-18/h8-13,15,20H,3-7,14,16H2,1-2H3. The van der Waals surface area contributed by atoms with Crippen molar-refractivity contribution in [1.82, 2.24) is 9.88 Å². The predicted octanol–water partition coefficient (Wildman–Crippen LogP) is 4.85. The third kappa shape index (κ3) is 5.05. The number of nitrogens with zero attached hydrogens (tertiary/aromatic N) is 1. The van der Waals surface area contributed by atoms with Gasteiger partial charge < -0.3 is 9.88 Å². The van der Waals surface area contributed by atoms with Crippen LogP contribution in [0.2, 0.25) is 0 Å². The highest BCUT2D eigenvalue weighted by Crippen LogP contribution is 2.13. The van der Waals surface area contributed by atoms with Crippen LogP contribution in [0.5, 0.6) is 0 Å². The van der Waals surface area contributed by atoms with Crippen molar-refractivity contribution in [2.75, 3.05) is 6.54 Å². The van der Waals surface area contributed by atoms with Crippen LogP contribution >= 0.6 is 0 Å². The summed E-state index contributed by atoms with van der Waals surface area (Å²) in [5.41, 5.74) is 3.87. The normalized spacial score (nSPS) is 11.0. The Morgan fingerprint density at radius 3 is 2.48 bits per heavy atom. The van der Waals surface area contributed by atoms with Gasteiger partial charge in [-0.3, -0.25) is 0 Å². The van der Waals surface area contributed by atoms with Gasteiger partial charge in [0.2, 0.25) is 0 Å². The fraction of sp³-hybridized carbons (Fsp3) is 0.474. The lowest BCUT2D eigenvalue weighted by Crippen LogP contribution is -2.16. The minimum atomic E-state index is 0.939. The smallest absolute Gasteiger partial charge is 0.0453 e. The molecule has 0 aliphatic carbocycles. The van der Waals surface area contributed by atoms with Gasteiger partial charge in [-0.2, -0.15) is 0 Å². The van der Waals surface area contributed by atoms with Crippen molar-refractivity contribution in [3.05, 3.63) is 53.9 Å². The van der Waals surface area contributed by atoms with Gasteiger partial charge in [-0.25, -0.2) is 0 Å². The zero-order chi connectivity index (χ0) is 14.9. The minimum absolute atomic E-state index is 0.939. The van der Waals surface area contributed by atoms with E-state index in [-0.39, 0.29) is 0 Å². The zero-order valence-corrected chi connectivity index (χ0v) is 13.4. The summed E-state index contributed by atoms with van der Waals surface area (Å²) in [6.45, 7) is 6.44. The fourth-order valence-corrected chi connectivity index (χ4v) is 2.59. The summed E-state index contributed by atoms with van der Waals surface area (Å²) in [5.74, 6) is 0. The van der Waals surface area contributed by atoms with E-state index in [1.807, 2.05) is 0 Å². The van der Waals surface area contributed by atoms with Crippen LogP contribution in [0.3, 0.4) is 0 Å². The summed E-state index contributed by atoms with van der Waals surface area (Å²) >= 11 is 0. The number of aryl methyl sites for hydroxylation is 1. The number of hydrogen-bond acceptors (Lipinski definition) is 1. The van der Waals surface area contributed by atoms with E-state index in [4.69, 9.17) is 0 Å². The van der Waals surface area contributed by atoms with E-state index >= 15 is 0 Å². The molecule has 1 heterocycles. The second-order valence-corrected chi connectivity index (χ2v) is 5.80. The predicted molar refractivity (Wildman–Crippen MR) is 91.0 cm³/mol. The van der Waals surface area contributed by atoms with Gasteiger partial charge in [0, 0.05) is 24.1 Å². The Hall–Kier alpha value is -1.54. The van der Waals surface area contributed by atoms with Crippen LogP contribution in [-0.4, -0.2) is 11.1 Å². The molecule has 2 aromatic rings. The van der Waals surface area contributed by atoms with Gasteiger partial charge >= 0.3 is 0 Å². The summed E-state index contributed by atoms with van der Waals surface area (Å²) < 4.78 is 2.27. The molecule has 0 fully saturated rings. The highest BCUT2D eigenvalue weighted by Gasteiger charge is 2.02. The highest BCUT2D eigenvalue weighted by atomic mass is 15.0. The fourth-order valence-electron chi connectivity index (χ4n) is 2.59. The largest absolute Gasteiger partial charge is 0.320 e. The molecule has 0 amide bonds. The van der Waals surface area contributed by atoms with Crippen molar-refractivity contribution in [1.29, 1.82) is 0 Å². The third-order valence-corrected chi connectivity index (χ3v) is 3.91. The molecule has 2 heteroatoms. The molecular formula is C19H28N2. The van der Waals surface area contributed by atoms with Gasteiger partial charge in [-0.1, -0.05) is 50.3 Å². The molecule has 0 aliphatic heterocycles. The molecule has 0 unspecified atom stereocenters. The Labute approximate surface area is 129 Å². The van der Waals surface area contributed by atoms with E-state index in [1.165, 1.54) is 49.0 Å². The van der Waals surface area contributed by atoms with E-state index in [1.54, 1.807) is 0 Å². The maximum atomic E-state index is 3.57. The van der Waals surface area contributed by atoms with Crippen molar-refractivity contribution in [3.63, 3.8) is 0 Å². The third-order valence-electron chi connectivity index (χ3n) is 3.91. The van der Waals surface area contributed by atoms with Gasteiger partial charge in [0.25, 0.3) is 0 Å². The van der Waals surface area contributed by atoms with Crippen LogP contribution in [0, 0.1) is 6.92 Å². The second-order valence-electron chi connectivity index (χ2n) is 5.80. The van der Waals surface area contributed by atoms with Crippen molar-refractivity contribution < 1.29 is 0 Å². The molecule has 1 N–H and O–H groups in total. The molecule has 21 heavy (non-hydrogen) atoms. The lowest BCUT2D eigenvalue weighted by molar-refractivity contribution is 0.578. The van der Waals surface area contributed by atoms with Gasteiger partial charge in [-0.05, 0) is 44.2 Å². The summed E-state index contributed by atoms with van der Waals surface area (Å²) in [5, 5.41) is 3.57. The summed E-state index contributed by atoms with van der Waals surface area (Å²) in [6, 6.07) is 13.0. The van der Waals surface area contributed by atoms with E-state index in [0.717, 1.165) is 13.1 Å². The number of rotatable bonds is 9. The van der Waals surface area contributed by atoms with Crippen molar-refractivity contribution in [2.45, 2.75) is 52.5 Å². The molecule has 1 aromatic carbocycles. The molecule has 0 spiro atoms. The summed E-state index contributed by atoms with van der Waals surface area (Å²) in [4.78, 5) is 0. The SMILES string of the molecule is CCCCCCCNCc1cccn1-c1ccc(C)cc1. The molecule has 2 nitrogen and oxygen atoms in total. The monoisotopic (exact) mass is 284 g/mol. The van der Waals surface area contributed by atoms with Crippen molar-refractivity contribution in [2.24, 2.45) is 0 Å². The lowest BCUT2D eigenvalue weighted by Gasteiger charge is -2.10. The summed E-state index contributed by atoms with van der Waals surface area (Å²) in [6.07, 6.45) is 8.83. The lowest BCUT2D eigenvalue weighted by atomic mass is 10.1. The first-order chi connectivity index (χ1) is 10.3. The van der Waals surface area contributed by atoms with E-state index in [9.17, 15) is 0 Å². The Morgan fingerprint density at radius 2 is 1.71 bits per heavy atom. The van der Waals surface area contributed by atoms with Gasteiger partial charge in [0.15, 0.2) is 0 Å². The van der Waals surface area contributed by atoms with Crippen LogP contribution < -0.4 is 5.32 Å². The molecule has 0 radical (unpaired) electrons. The average Bonchev–Trinajstić information content (AvgIpc) is 2.95. The maximum absolute atomic E-state index is 3.57. The molecule has 2 rings (SSSR count). The van der Waals surface area contributed by atoms with Crippen LogP contribution in [-0.2, 0) is 6.54 Å². The topological polar surface area (TPSA) is 17.0 Å². The van der Waals surface area contributed by atoms with Gasteiger partial charge in [-0.15, -0.1) is 0 Å². The van der Waals surface area contributed by atoms with Crippen LogP contribution in [0.25, 0.3) is 5.69 Å². The first-order valence-electron chi connectivity index (χ1n) is 8.25. The number of benzene rings is 1. The number of unbranched alkanes of at least 4 members (excludes halogenated alkanes) is 4. The van der Waals surface area contributed by atoms with Crippen molar-refractivity contribution >= 4 is 0 Å². The molecule has 0 saturated heterocycles. The Morgan fingerprint density at radius 1 is 0.952 bits per heavy atom. The molecule has 0 aliphatic rings. The molecule has 0 atom stereocenters. The number of aromatic nitrogens is 1. The highest BCUT2D eigenvalue weighted by molar-refractivity contribution is 5.37. The van der Waals surface area contributed by atoms with E-state index in [0.29, 0.717) is 0 Å². The zero-order valence-electron chi connectivity index (χ0n) is 13.4. The summed E-state index contributed by atoms with van der Waals surface area (Å²) in [7, 11) is 0. The van der Waals surface area contributed by atoms with Gasteiger partial charge in [0.1, 0.15) is 0 Å².